The van der Waals surface area contributed by atoms with Gasteiger partial charge in [-0.05, 0) is 19.1 Å². The molecule has 2 heterocycles. The SMILES string of the molecule is Cc1cc(O[C@@H]2OC(C(=O)O)[C@H](C)C(O)C2O)n(-c2ccccc2)n1. The minimum atomic E-state index is -1.38. The Hall–Kier alpha value is -2.42. The molecule has 1 saturated heterocycles. The first-order chi connectivity index (χ1) is 11.9. The van der Waals surface area contributed by atoms with Gasteiger partial charge in [0.2, 0.25) is 12.2 Å². The van der Waals surface area contributed by atoms with E-state index in [1.807, 2.05) is 30.3 Å². The molecule has 134 valence electrons. The van der Waals surface area contributed by atoms with Gasteiger partial charge < -0.3 is 24.8 Å². The zero-order chi connectivity index (χ0) is 18.1. The van der Waals surface area contributed by atoms with E-state index >= 15 is 0 Å². The molecule has 1 aliphatic heterocycles. The second-order valence-electron chi connectivity index (χ2n) is 6.09. The number of aliphatic carboxylic acids is 1. The van der Waals surface area contributed by atoms with E-state index < -0.39 is 36.5 Å². The van der Waals surface area contributed by atoms with Gasteiger partial charge in [-0.25, -0.2) is 9.48 Å². The molecular formula is C17H20N2O6. The predicted octanol–water partition coefficient (Wildman–Crippen LogP) is 0.727. The number of carbonyl (C=O) groups is 1. The number of aliphatic hydroxyl groups excluding tert-OH is 2. The number of nitrogens with zero attached hydrogens (tertiary/aromatic N) is 2. The van der Waals surface area contributed by atoms with Gasteiger partial charge in [-0.2, -0.15) is 5.10 Å². The van der Waals surface area contributed by atoms with E-state index in [0.717, 1.165) is 5.69 Å². The smallest absolute Gasteiger partial charge is 0.333 e. The van der Waals surface area contributed by atoms with Crippen molar-refractivity contribution in [2.75, 3.05) is 0 Å². The van der Waals surface area contributed by atoms with E-state index in [-0.39, 0.29) is 5.88 Å². The maximum atomic E-state index is 11.3. The molecule has 1 aromatic carbocycles. The maximum Gasteiger partial charge on any atom is 0.333 e. The van der Waals surface area contributed by atoms with Crippen molar-refractivity contribution in [3.63, 3.8) is 0 Å². The third-order valence-electron chi connectivity index (χ3n) is 4.21. The Balaban J connectivity index is 1.88. The normalized spacial score (nSPS) is 29.4. The van der Waals surface area contributed by atoms with Crippen molar-refractivity contribution < 1.29 is 29.6 Å². The van der Waals surface area contributed by atoms with Gasteiger partial charge in [-0.1, -0.05) is 25.1 Å². The summed E-state index contributed by atoms with van der Waals surface area (Å²) >= 11 is 0. The molecule has 3 unspecified atom stereocenters. The van der Waals surface area contributed by atoms with Gasteiger partial charge in [0.1, 0.15) is 6.10 Å². The Morgan fingerprint density at radius 2 is 1.92 bits per heavy atom. The number of aliphatic hydroxyl groups is 2. The number of benzene rings is 1. The average Bonchev–Trinajstić information content (AvgIpc) is 2.96. The van der Waals surface area contributed by atoms with Gasteiger partial charge in [-0.3, -0.25) is 0 Å². The Labute approximate surface area is 144 Å². The number of ether oxygens (including phenoxy) is 2. The predicted molar refractivity (Wildman–Crippen MR) is 86.4 cm³/mol. The highest BCUT2D eigenvalue weighted by molar-refractivity contribution is 5.73. The van der Waals surface area contributed by atoms with E-state index in [0.29, 0.717) is 5.69 Å². The minimum absolute atomic E-state index is 0.277. The molecule has 1 aliphatic rings. The lowest BCUT2D eigenvalue weighted by atomic mass is 9.91. The van der Waals surface area contributed by atoms with Crippen molar-refractivity contribution >= 4 is 5.97 Å². The Kier molecular flexibility index (Phi) is 4.76. The van der Waals surface area contributed by atoms with Crippen LogP contribution in [0.5, 0.6) is 5.88 Å². The van der Waals surface area contributed by atoms with Crippen LogP contribution in [-0.4, -0.2) is 55.7 Å². The number of aryl methyl sites for hydroxylation is 1. The standard InChI is InChI=1S/C17H20N2O6/c1-9-8-12(19(18-9)11-6-4-3-5-7-11)24-17-14(21)13(20)10(2)15(25-17)16(22)23/h3-8,10,13-15,17,20-21H,1-2H3,(H,22,23)/t10-,13?,14?,15?,17-/m1/s1. The van der Waals surface area contributed by atoms with Gasteiger partial charge in [0.05, 0.1) is 17.5 Å². The fourth-order valence-corrected chi connectivity index (χ4v) is 2.81. The van der Waals surface area contributed by atoms with Crippen LogP contribution in [0.25, 0.3) is 5.69 Å². The highest BCUT2D eigenvalue weighted by atomic mass is 16.7. The zero-order valence-electron chi connectivity index (χ0n) is 13.8. The van der Waals surface area contributed by atoms with E-state index in [4.69, 9.17) is 9.47 Å². The topological polar surface area (TPSA) is 114 Å². The number of hydrogen-bond donors (Lipinski definition) is 3. The zero-order valence-corrected chi connectivity index (χ0v) is 13.8. The van der Waals surface area contributed by atoms with E-state index in [2.05, 4.69) is 5.10 Å². The number of carboxylic acids is 1. The molecule has 8 heteroatoms. The molecule has 5 atom stereocenters. The van der Waals surface area contributed by atoms with E-state index in [1.54, 1.807) is 13.0 Å². The molecule has 0 radical (unpaired) electrons. The monoisotopic (exact) mass is 348 g/mol. The number of hydrogen-bond acceptors (Lipinski definition) is 6. The van der Waals surface area contributed by atoms with Crippen molar-refractivity contribution in [2.45, 2.75) is 38.4 Å². The molecule has 3 N–H and O–H groups in total. The van der Waals surface area contributed by atoms with E-state index in [1.165, 1.54) is 11.6 Å². The molecule has 0 bridgehead atoms. The summed E-state index contributed by atoms with van der Waals surface area (Å²) in [5, 5.41) is 33.9. The third kappa shape index (κ3) is 3.37. The lowest BCUT2D eigenvalue weighted by Gasteiger charge is -2.39. The van der Waals surface area contributed by atoms with Crippen molar-refractivity contribution in [1.29, 1.82) is 0 Å². The van der Waals surface area contributed by atoms with Crippen molar-refractivity contribution in [2.24, 2.45) is 5.92 Å². The Morgan fingerprint density at radius 1 is 1.24 bits per heavy atom. The van der Waals surface area contributed by atoms with Crippen LogP contribution in [0.15, 0.2) is 36.4 Å². The second-order valence-corrected chi connectivity index (χ2v) is 6.09. The average molecular weight is 348 g/mol. The van der Waals surface area contributed by atoms with Gasteiger partial charge >= 0.3 is 5.97 Å². The third-order valence-corrected chi connectivity index (χ3v) is 4.21. The summed E-state index contributed by atoms with van der Waals surface area (Å²) in [7, 11) is 0. The molecular weight excluding hydrogens is 328 g/mol. The van der Waals surface area contributed by atoms with Gasteiger partial charge in [0, 0.05) is 12.0 Å². The molecule has 25 heavy (non-hydrogen) atoms. The number of rotatable bonds is 4. The van der Waals surface area contributed by atoms with Crippen molar-refractivity contribution in [3.8, 4) is 11.6 Å². The van der Waals surface area contributed by atoms with Crippen LogP contribution in [0.4, 0.5) is 0 Å². The highest BCUT2D eigenvalue weighted by Crippen LogP contribution is 2.29. The molecule has 0 saturated carbocycles. The summed E-state index contributed by atoms with van der Waals surface area (Å²) in [5.74, 6) is -1.72. The Bertz CT molecular complexity index is 747. The molecule has 3 rings (SSSR count). The van der Waals surface area contributed by atoms with Crippen LogP contribution in [0.3, 0.4) is 0 Å². The van der Waals surface area contributed by atoms with Crippen LogP contribution < -0.4 is 4.74 Å². The number of aromatic nitrogens is 2. The van der Waals surface area contributed by atoms with Crippen LogP contribution in [0, 0.1) is 12.8 Å². The maximum absolute atomic E-state index is 11.3. The lowest BCUT2D eigenvalue weighted by molar-refractivity contribution is -0.257. The molecule has 1 fully saturated rings. The van der Waals surface area contributed by atoms with E-state index in [9.17, 15) is 20.1 Å². The summed E-state index contributed by atoms with van der Waals surface area (Å²) in [6.45, 7) is 3.28. The molecule has 8 nitrogen and oxygen atoms in total. The van der Waals surface area contributed by atoms with Crippen LogP contribution in [-0.2, 0) is 9.53 Å². The fraction of sp³-hybridized carbons (Fsp3) is 0.412. The quantitative estimate of drug-likeness (QED) is 0.746. The molecule has 0 spiro atoms. The largest absolute Gasteiger partial charge is 0.479 e. The summed E-state index contributed by atoms with van der Waals surface area (Å²) < 4.78 is 12.6. The van der Waals surface area contributed by atoms with Crippen LogP contribution in [0.1, 0.15) is 12.6 Å². The molecule has 0 amide bonds. The summed E-state index contributed by atoms with van der Waals surface area (Å²) in [6, 6.07) is 10.8. The molecule has 1 aromatic heterocycles. The van der Waals surface area contributed by atoms with Gasteiger partial charge in [-0.15, -0.1) is 0 Å². The number of carboxylic acid groups (broad SMARTS) is 1. The van der Waals surface area contributed by atoms with Crippen LogP contribution in [0.2, 0.25) is 0 Å². The van der Waals surface area contributed by atoms with Gasteiger partial charge in [0.15, 0.2) is 6.10 Å². The Morgan fingerprint density at radius 3 is 2.56 bits per heavy atom. The summed E-state index contributed by atoms with van der Waals surface area (Å²) in [5.41, 5.74) is 1.41. The highest BCUT2D eigenvalue weighted by Gasteiger charge is 2.46. The first-order valence-electron chi connectivity index (χ1n) is 7.91. The summed E-state index contributed by atoms with van der Waals surface area (Å²) in [4.78, 5) is 11.3. The minimum Gasteiger partial charge on any atom is -0.479 e. The number of para-hydroxylation sites is 1. The second kappa shape index (κ2) is 6.83. The molecule has 2 aromatic rings. The summed E-state index contributed by atoms with van der Waals surface area (Å²) in [6.07, 6.45) is -5.28. The van der Waals surface area contributed by atoms with Crippen molar-refractivity contribution in [1.82, 2.24) is 9.78 Å². The van der Waals surface area contributed by atoms with Crippen LogP contribution >= 0.6 is 0 Å². The fourth-order valence-electron chi connectivity index (χ4n) is 2.81. The first kappa shape index (κ1) is 17.4. The molecule has 0 aliphatic carbocycles. The van der Waals surface area contributed by atoms with Crippen molar-refractivity contribution in [3.05, 3.63) is 42.1 Å². The first-order valence-corrected chi connectivity index (χ1v) is 7.91. The lowest BCUT2D eigenvalue weighted by Crippen LogP contribution is -2.57. The van der Waals surface area contributed by atoms with Gasteiger partial charge in [0.25, 0.3) is 0 Å².